The summed E-state index contributed by atoms with van der Waals surface area (Å²) < 4.78 is 3.28. The molecule has 0 aliphatic heterocycles. The van der Waals surface area contributed by atoms with Gasteiger partial charge in [0.15, 0.2) is 0 Å². The van der Waals surface area contributed by atoms with Gasteiger partial charge in [-0.25, -0.2) is 0 Å². The first-order valence-corrected chi connectivity index (χ1v) is 14.3. The zero-order chi connectivity index (χ0) is 15.0. The van der Waals surface area contributed by atoms with Crippen LogP contribution in [0.5, 0.6) is 0 Å². The summed E-state index contributed by atoms with van der Waals surface area (Å²) in [4.78, 5) is 0. The average molecular weight is 395 g/mol. The average Bonchev–Trinajstić information content (AvgIpc) is 2.53. The van der Waals surface area contributed by atoms with Crippen LogP contribution in [0.25, 0.3) is 0 Å². The van der Waals surface area contributed by atoms with E-state index >= 15 is 0 Å². The van der Waals surface area contributed by atoms with E-state index in [1.54, 1.807) is 8.02 Å². The van der Waals surface area contributed by atoms with Gasteiger partial charge in [0.05, 0.1) is 0 Å². The molecule has 21 heavy (non-hydrogen) atoms. The van der Waals surface area contributed by atoms with Crippen molar-refractivity contribution in [1.82, 2.24) is 0 Å². The van der Waals surface area contributed by atoms with Crippen LogP contribution in [0.15, 0.2) is 30.3 Å². The first-order valence-electron chi connectivity index (χ1n) is 9.47. The Morgan fingerprint density at radius 3 is 1.62 bits per heavy atom. The molecule has 0 aromatic heterocycles. The van der Waals surface area contributed by atoms with Crippen LogP contribution in [0, 0.1) is 0 Å². The Kier molecular flexibility index (Phi) is 13.6. The van der Waals surface area contributed by atoms with Gasteiger partial charge in [-0.1, -0.05) is 13.3 Å². The minimum absolute atomic E-state index is 0.600. The van der Waals surface area contributed by atoms with Crippen LogP contribution in [0.4, 0.5) is 0 Å². The van der Waals surface area contributed by atoms with Gasteiger partial charge < -0.3 is 0 Å². The van der Waals surface area contributed by atoms with Crippen molar-refractivity contribution in [2.45, 2.75) is 88.4 Å². The zero-order valence-electron chi connectivity index (χ0n) is 14.3. The van der Waals surface area contributed by atoms with E-state index in [4.69, 9.17) is 0 Å². The summed E-state index contributed by atoms with van der Waals surface area (Å²) in [6, 6.07) is 11.2. The normalized spacial score (nSPS) is 11.5. The van der Waals surface area contributed by atoms with E-state index in [1.807, 2.05) is 0 Å². The van der Waals surface area contributed by atoms with E-state index in [1.165, 1.54) is 77.0 Å². The molecule has 0 radical (unpaired) electrons. The van der Waals surface area contributed by atoms with Crippen molar-refractivity contribution >= 4 is 24.7 Å². The van der Waals surface area contributed by atoms with Gasteiger partial charge in [0.25, 0.3) is 0 Å². The maximum absolute atomic E-state index is 2.34. The van der Waals surface area contributed by atoms with Gasteiger partial charge in [-0.2, -0.15) is 0 Å². The van der Waals surface area contributed by atoms with Gasteiger partial charge in [0.1, 0.15) is 0 Å². The fourth-order valence-corrected chi connectivity index (χ4v) is 7.61. The van der Waals surface area contributed by atoms with E-state index < -0.39 is 21.1 Å². The van der Waals surface area contributed by atoms with Gasteiger partial charge >= 0.3 is 130 Å². The van der Waals surface area contributed by atoms with Gasteiger partial charge in [-0.3, -0.25) is 0 Å². The molecule has 0 atom stereocenters. The molecule has 120 valence electrons. The number of rotatable bonds is 14. The van der Waals surface area contributed by atoms with Crippen LogP contribution in [-0.4, -0.2) is 21.1 Å². The second-order valence-corrected chi connectivity index (χ2v) is 12.3. The third-order valence-corrected chi connectivity index (χ3v) is 9.84. The third kappa shape index (κ3) is 12.3. The molecule has 0 unspecified atom stereocenters. The minimum atomic E-state index is -0.600. The Morgan fingerprint density at radius 2 is 1.10 bits per heavy atom. The summed E-state index contributed by atoms with van der Waals surface area (Å²) in [5.74, 6) is 0. The molecule has 0 heterocycles. The van der Waals surface area contributed by atoms with E-state index in [2.05, 4.69) is 37.3 Å². The number of benzene rings is 1. The first kappa shape index (κ1) is 19.1. The third-order valence-electron chi connectivity index (χ3n) is 4.41. The van der Waals surface area contributed by atoms with Crippen molar-refractivity contribution in [2.75, 3.05) is 0 Å². The Morgan fingerprint density at radius 1 is 0.619 bits per heavy atom. The maximum atomic E-state index is 2.34. The van der Waals surface area contributed by atoms with Crippen LogP contribution in [0.1, 0.15) is 84.0 Å². The van der Waals surface area contributed by atoms with Crippen LogP contribution in [0.2, 0.25) is 4.44 Å². The topological polar surface area (TPSA) is 0 Å². The first-order chi connectivity index (χ1) is 10.4. The predicted molar refractivity (Wildman–Crippen MR) is 101 cm³/mol. The Hall–Kier alpha value is 0.0187. The van der Waals surface area contributed by atoms with Crippen LogP contribution in [0.3, 0.4) is 0 Å². The summed E-state index contributed by atoms with van der Waals surface area (Å²) in [6.07, 6.45) is 17.6. The van der Waals surface area contributed by atoms with E-state index in [0.29, 0.717) is 0 Å². The summed E-state index contributed by atoms with van der Waals surface area (Å²) >= 11 is -0.600. The Balaban J connectivity index is 1.75. The molecule has 1 heteroatoms. The standard InChI is InChI=1S/C14H29.C6H5.Sn.2H/c1-3-5-7-9-11-13-14-12-10-8-6-4-2;1-2-4-6-5-3-1;;;/h1,3-14H2,2H3;1-5H;;;. The molecule has 0 aliphatic rings. The summed E-state index contributed by atoms with van der Waals surface area (Å²) in [7, 11) is 0. The number of hydrogen-bond acceptors (Lipinski definition) is 0. The zero-order valence-corrected chi connectivity index (χ0v) is 18.3. The number of unbranched alkanes of at least 4 members (excludes halogenated alkanes) is 11. The molecule has 0 N–H and O–H groups in total. The van der Waals surface area contributed by atoms with Crippen LogP contribution < -0.4 is 3.58 Å². The van der Waals surface area contributed by atoms with Crippen molar-refractivity contribution in [3.05, 3.63) is 30.3 Å². The molecule has 1 aromatic carbocycles. The van der Waals surface area contributed by atoms with Crippen LogP contribution in [-0.2, 0) is 0 Å². The van der Waals surface area contributed by atoms with Crippen LogP contribution >= 0.6 is 0 Å². The van der Waals surface area contributed by atoms with E-state index in [9.17, 15) is 0 Å². The van der Waals surface area contributed by atoms with Gasteiger partial charge in [-0.05, 0) is 0 Å². The van der Waals surface area contributed by atoms with Gasteiger partial charge in [-0.15, -0.1) is 0 Å². The van der Waals surface area contributed by atoms with Crippen molar-refractivity contribution in [3.63, 3.8) is 0 Å². The molecule has 1 aromatic rings. The molecule has 0 bridgehead atoms. The quantitative estimate of drug-likeness (QED) is 0.284. The second kappa shape index (κ2) is 14.9. The van der Waals surface area contributed by atoms with E-state index in [0.717, 1.165) is 0 Å². The van der Waals surface area contributed by atoms with Gasteiger partial charge in [0, 0.05) is 0 Å². The van der Waals surface area contributed by atoms with Crippen molar-refractivity contribution in [3.8, 4) is 0 Å². The Labute approximate surface area is 143 Å². The molecule has 0 amide bonds. The fraction of sp³-hybridized carbons (Fsp3) is 0.700. The van der Waals surface area contributed by atoms with Gasteiger partial charge in [0.2, 0.25) is 0 Å². The Bertz CT molecular complexity index is 307. The molecule has 0 spiro atoms. The van der Waals surface area contributed by atoms with E-state index in [-0.39, 0.29) is 0 Å². The molecule has 0 fully saturated rings. The summed E-state index contributed by atoms with van der Waals surface area (Å²) in [5.41, 5.74) is 0. The number of hydrogen-bond donors (Lipinski definition) is 0. The molecule has 0 saturated heterocycles. The molecule has 0 saturated carbocycles. The SMILES string of the molecule is CCCCCCCCCCCCC[CH2][SnH2][c]1ccccc1. The van der Waals surface area contributed by atoms with Crippen molar-refractivity contribution < 1.29 is 0 Å². The van der Waals surface area contributed by atoms with Crippen molar-refractivity contribution in [2.24, 2.45) is 0 Å². The monoisotopic (exact) mass is 396 g/mol. The molecule has 0 aliphatic carbocycles. The summed E-state index contributed by atoms with van der Waals surface area (Å²) in [5, 5.41) is 0. The molecule has 1 rings (SSSR count). The predicted octanol–water partition coefficient (Wildman–Crippen LogP) is 5.60. The molecular weight excluding hydrogens is 359 g/mol. The second-order valence-electron chi connectivity index (χ2n) is 6.48. The molecular formula is C20H36Sn. The molecule has 0 nitrogen and oxygen atoms in total. The van der Waals surface area contributed by atoms with Crippen molar-refractivity contribution in [1.29, 1.82) is 0 Å². The summed E-state index contributed by atoms with van der Waals surface area (Å²) in [6.45, 7) is 2.30. The fourth-order valence-electron chi connectivity index (χ4n) is 2.99.